The van der Waals surface area contributed by atoms with Gasteiger partial charge in [0.25, 0.3) is 0 Å². The summed E-state index contributed by atoms with van der Waals surface area (Å²) in [5, 5.41) is 8.29. The summed E-state index contributed by atoms with van der Waals surface area (Å²) in [5.74, 6) is 0.724. The van der Waals surface area contributed by atoms with E-state index in [0.717, 1.165) is 25.4 Å². The molecule has 0 bridgehead atoms. The van der Waals surface area contributed by atoms with Crippen LogP contribution < -0.4 is 0 Å². The van der Waals surface area contributed by atoms with Gasteiger partial charge in [-0.1, -0.05) is 13.8 Å². The summed E-state index contributed by atoms with van der Waals surface area (Å²) in [5.41, 5.74) is 0. The van der Waals surface area contributed by atoms with E-state index in [1.165, 1.54) is 0 Å². The molecule has 0 aliphatic carbocycles. The standard InChI is InChI=1S/C9H18N2/c1-9(2)8-11(3)7-5-4-6-10/h9H,4-5,7-8H2,1-3H3. The SMILES string of the molecule is CC(C)CN(C)CCCC#N. The molecule has 0 saturated heterocycles. The van der Waals surface area contributed by atoms with Gasteiger partial charge in [-0.05, 0) is 25.9 Å². The zero-order valence-electron chi connectivity index (χ0n) is 7.80. The van der Waals surface area contributed by atoms with E-state index in [2.05, 4.69) is 31.9 Å². The van der Waals surface area contributed by atoms with E-state index in [9.17, 15) is 0 Å². The fraction of sp³-hybridized carbons (Fsp3) is 0.889. The second kappa shape index (κ2) is 6.18. The average Bonchev–Trinajstić information content (AvgIpc) is 1.86. The first-order valence-corrected chi connectivity index (χ1v) is 4.22. The van der Waals surface area contributed by atoms with Gasteiger partial charge >= 0.3 is 0 Å². The Hall–Kier alpha value is -0.550. The molecule has 2 heteroatoms. The molecule has 0 aromatic rings. The maximum Gasteiger partial charge on any atom is 0.0622 e. The van der Waals surface area contributed by atoms with E-state index in [4.69, 9.17) is 5.26 Å². The molecule has 0 unspecified atom stereocenters. The van der Waals surface area contributed by atoms with Gasteiger partial charge in [0.1, 0.15) is 0 Å². The van der Waals surface area contributed by atoms with Crippen molar-refractivity contribution in [3.63, 3.8) is 0 Å². The molecule has 0 amide bonds. The van der Waals surface area contributed by atoms with Crippen LogP contribution in [-0.2, 0) is 0 Å². The highest BCUT2D eigenvalue weighted by atomic mass is 15.1. The first-order valence-electron chi connectivity index (χ1n) is 4.22. The van der Waals surface area contributed by atoms with E-state index < -0.39 is 0 Å². The van der Waals surface area contributed by atoms with Crippen LogP contribution in [0.2, 0.25) is 0 Å². The van der Waals surface area contributed by atoms with Crippen molar-refractivity contribution in [3.8, 4) is 6.07 Å². The molecular formula is C9H18N2. The second-order valence-electron chi connectivity index (χ2n) is 3.42. The van der Waals surface area contributed by atoms with Gasteiger partial charge in [0.05, 0.1) is 6.07 Å². The van der Waals surface area contributed by atoms with Gasteiger partial charge in [-0.15, -0.1) is 0 Å². The van der Waals surface area contributed by atoms with Crippen LogP contribution in [0.25, 0.3) is 0 Å². The maximum atomic E-state index is 8.29. The molecule has 0 aliphatic heterocycles. The first kappa shape index (κ1) is 10.4. The second-order valence-corrected chi connectivity index (χ2v) is 3.42. The summed E-state index contributed by atoms with van der Waals surface area (Å²) in [7, 11) is 2.11. The third-order valence-electron chi connectivity index (χ3n) is 1.51. The monoisotopic (exact) mass is 154 g/mol. The minimum atomic E-state index is 0.683. The lowest BCUT2D eigenvalue weighted by atomic mass is 10.2. The Labute approximate surface area is 69.8 Å². The predicted octanol–water partition coefficient (Wildman–Crippen LogP) is 1.88. The Bertz CT molecular complexity index is 124. The quantitative estimate of drug-likeness (QED) is 0.565. The molecule has 11 heavy (non-hydrogen) atoms. The largest absolute Gasteiger partial charge is 0.306 e. The number of hydrogen-bond acceptors (Lipinski definition) is 2. The van der Waals surface area contributed by atoms with E-state index in [-0.39, 0.29) is 0 Å². The molecule has 0 N–H and O–H groups in total. The van der Waals surface area contributed by atoms with Gasteiger partial charge in [-0.25, -0.2) is 0 Å². The molecule has 2 nitrogen and oxygen atoms in total. The van der Waals surface area contributed by atoms with Crippen LogP contribution in [0.15, 0.2) is 0 Å². The molecule has 0 saturated carbocycles. The Morgan fingerprint density at radius 2 is 2.09 bits per heavy atom. The highest BCUT2D eigenvalue weighted by Gasteiger charge is 1.99. The lowest BCUT2D eigenvalue weighted by molar-refractivity contribution is 0.293. The molecule has 0 rings (SSSR count). The number of hydrogen-bond donors (Lipinski definition) is 0. The lowest BCUT2D eigenvalue weighted by Gasteiger charge is -2.17. The molecule has 0 aromatic carbocycles. The average molecular weight is 154 g/mol. The molecule has 0 fully saturated rings. The molecule has 0 radical (unpaired) electrons. The van der Waals surface area contributed by atoms with Crippen LogP contribution >= 0.6 is 0 Å². The van der Waals surface area contributed by atoms with E-state index >= 15 is 0 Å². The smallest absolute Gasteiger partial charge is 0.0622 e. The van der Waals surface area contributed by atoms with Gasteiger partial charge in [0.15, 0.2) is 0 Å². The van der Waals surface area contributed by atoms with Crippen LogP contribution in [0.4, 0.5) is 0 Å². The van der Waals surface area contributed by atoms with Crippen molar-refractivity contribution < 1.29 is 0 Å². The van der Waals surface area contributed by atoms with Crippen molar-refractivity contribution in [1.29, 1.82) is 5.26 Å². The van der Waals surface area contributed by atoms with E-state index in [1.807, 2.05) is 0 Å². The zero-order chi connectivity index (χ0) is 8.69. The number of nitrogens with zero attached hydrogens (tertiary/aromatic N) is 2. The van der Waals surface area contributed by atoms with Crippen molar-refractivity contribution in [3.05, 3.63) is 0 Å². The normalized spacial score (nSPS) is 10.5. The molecule has 0 aliphatic rings. The third-order valence-corrected chi connectivity index (χ3v) is 1.51. The first-order chi connectivity index (χ1) is 5.16. The number of rotatable bonds is 5. The van der Waals surface area contributed by atoms with Crippen LogP contribution in [0.3, 0.4) is 0 Å². The van der Waals surface area contributed by atoms with Crippen LogP contribution in [-0.4, -0.2) is 25.0 Å². The molecule has 0 atom stereocenters. The topological polar surface area (TPSA) is 27.0 Å². The minimum Gasteiger partial charge on any atom is -0.306 e. The summed E-state index contributed by atoms with van der Waals surface area (Å²) in [6.07, 6.45) is 1.68. The number of unbranched alkanes of at least 4 members (excludes halogenated alkanes) is 1. The van der Waals surface area contributed by atoms with E-state index in [0.29, 0.717) is 6.42 Å². The van der Waals surface area contributed by atoms with Crippen LogP contribution in [0, 0.1) is 17.2 Å². The van der Waals surface area contributed by atoms with E-state index in [1.54, 1.807) is 0 Å². The Balaban J connectivity index is 3.24. The van der Waals surface area contributed by atoms with Crippen molar-refractivity contribution in [1.82, 2.24) is 4.90 Å². The van der Waals surface area contributed by atoms with Crippen molar-refractivity contribution >= 4 is 0 Å². The fourth-order valence-corrected chi connectivity index (χ4v) is 1.14. The van der Waals surface area contributed by atoms with Crippen molar-refractivity contribution in [2.75, 3.05) is 20.1 Å². The fourth-order valence-electron chi connectivity index (χ4n) is 1.14. The molecular weight excluding hydrogens is 136 g/mol. The summed E-state index contributed by atoms with van der Waals surface area (Å²) < 4.78 is 0. The van der Waals surface area contributed by atoms with Gasteiger partial charge in [-0.3, -0.25) is 0 Å². The van der Waals surface area contributed by atoms with Crippen LogP contribution in [0.5, 0.6) is 0 Å². The van der Waals surface area contributed by atoms with Crippen LogP contribution in [0.1, 0.15) is 26.7 Å². The summed E-state index contributed by atoms with van der Waals surface area (Å²) >= 11 is 0. The summed E-state index contributed by atoms with van der Waals surface area (Å²) in [6, 6.07) is 2.15. The third kappa shape index (κ3) is 7.35. The predicted molar refractivity (Wildman–Crippen MR) is 47.2 cm³/mol. The van der Waals surface area contributed by atoms with Crippen molar-refractivity contribution in [2.45, 2.75) is 26.7 Å². The van der Waals surface area contributed by atoms with Gasteiger partial charge in [0.2, 0.25) is 0 Å². The maximum absolute atomic E-state index is 8.29. The number of nitriles is 1. The minimum absolute atomic E-state index is 0.683. The van der Waals surface area contributed by atoms with Gasteiger partial charge in [-0.2, -0.15) is 5.26 Å². The molecule has 64 valence electrons. The highest BCUT2D eigenvalue weighted by molar-refractivity contribution is 4.69. The zero-order valence-corrected chi connectivity index (χ0v) is 7.80. The Morgan fingerprint density at radius 1 is 1.45 bits per heavy atom. The van der Waals surface area contributed by atoms with Crippen molar-refractivity contribution in [2.24, 2.45) is 5.92 Å². The molecule has 0 spiro atoms. The summed E-state index contributed by atoms with van der Waals surface area (Å²) in [6.45, 7) is 6.60. The summed E-state index contributed by atoms with van der Waals surface area (Å²) in [4.78, 5) is 2.28. The van der Waals surface area contributed by atoms with Gasteiger partial charge < -0.3 is 4.90 Å². The molecule has 0 heterocycles. The van der Waals surface area contributed by atoms with Gasteiger partial charge in [0, 0.05) is 13.0 Å². The lowest BCUT2D eigenvalue weighted by Crippen LogP contribution is -2.24. The Morgan fingerprint density at radius 3 is 2.55 bits per heavy atom. The Kier molecular flexibility index (Phi) is 5.87. The highest BCUT2D eigenvalue weighted by Crippen LogP contribution is 1.97. The molecule has 0 aromatic heterocycles.